The van der Waals surface area contributed by atoms with Crippen LogP contribution in [-0.4, -0.2) is 34.7 Å². The minimum absolute atomic E-state index is 0.169. The average Bonchev–Trinajstić information content (AvgIpc) is 1.99. The highest BCUT2D eigenvalue weighted by Gasteiger charge is 2.38. The number of hydrogen-bond donors (Lipinski definition) is 1. The zero-order valence-corrected chi connectivity index (χ0v) is 11.2. The lowest BCUT2D eigenvalue weighted by atomic mass is 9.73. The van der Waals surface area contributed by atoms with E-state index in [0.29, 0.717) is 5.92 Å². The predicted octanol–water partition coefficient (Wildman–Crippen LogP) is 2.51. The summed E-state index contributed by atoms with van der Waals surface area (Å²) in [4.78, 5) is 2.39. The first kappa shape index (κ1) is 13.0. The third-order valence-electron chi connectivity index (χ3n) is 3.64. The smallest absolute Gasteiger partial charge is 0.0700 e. The van der Waals surface area contributed by atoms with Gasteiger partial charge in [0.15, 0.2) is 0 Å². The van der Waals surface area contributed by atoms with Crippen molar-refractivity contribution >= 4 is 0 Å². The van der Waals surface area contributed by atoms with Crippen molar-refractivity contribution in [2.45, 2.75) is 59.6 Å². The van der Waals surface area contributed by atoms with Crippen LogP contribution in [0.25, 0.3) is 0 Å². The Hall–Kier alpha value is -0.0800. The summed E-state index contributed by atoms with van der Waals surface area (Å²) in [5.41, 5.74) is 0.410. The van der Waals surface area contributed by atoms with E-state index in [1.807, 2.05) is 0 Å². The summed E-state index contributed by atoms with van der Waals surface area (Å²) in [6.45, 7) is 15.3. The minimum atomic E-state index is -0.169. The fourth-order valence-electron chi connectivity index (χ4n) is 2.55. The maximum Gasteiger partial charge on any atom is 0.0700 e. The molecule has 1 heterocycles. The van der Waals surface area contributed by atoms with Gasteiger partial charge in [0.25, 0.3) is 0 Å². The summed E-state index contributed by atoms with van der Waals surface area (Å²) in [6.07, 6.45) is 0.944. The van der Waals surface area contributed by atoms with Gasteiger partial charge in [-0.05, 0) is 45.1 Å². The van der Waals surface area contributed by atoms with Gasteiger partial charge < -0.3 is 5.11 Å². The molecule has 2 heteroatoms. The van der Waals surface area contributed by atoms with Gasteiger partial charge in [0.2, 0.25) is 0 Å². The van der Waals surface area contributed by atoms with Crippen molar-refractivity contribution in [3.8, 4) is 0 Å². The Balaban J connectivity index is 2.64. The predicted molar refractivity (Wildman–Crippen MR) is 64.9 cm³/mol. The van der Waals surface area contributed by atoms with Gasteiger partial charge in [-0.3, -0.25) is 4.90 Å². The molecular weight excluding hydrogens is 186 g/mol. The largest absolute Gasteiger partial charge is 0.391 e. The zero-order chi connectivity index (χ0) is 11.9. The summed E-state index contributed by atoms with van der Waals surface area (Å²) in [5.74, 6) is 0.441. The second kappa shape index (κ2) is 4.06. The standard InChI is InChI=1S/C13H27NO/c1-12(2,3)10-7-8-14(9-11(10)15)13(4,5)6/h10-11,15H,7-9H2,1-6H3/t10-,11+/m0/s1. The van der Waals surface area contributed by atoms with Gasteiger partial charge in [0.1, 0.15) is 0 Å². The van der Waals surface area contributed by atoms with E-state index in [1.54, 1.807) is 0 Å². The van der Waals surface area contributed by atoms with Gasteiger partial charge in [-0.1, -0.05) is 20.8 Å². The lowest BCUT2D eigenvalue weighted by Gasteiger charge is -2.47. The summed E-state index contributed by atoms with van der Waals surface area (Å²) in [5, 5.41) is 10.2. The second-order valence-corrected chi connectivity index (χ2v) is 6.95. The molecule has 1 saturated heterocycles. The van der Waals surface area contributed by atoms with Gasteiger partial charge in [0, 0.05) is 12.1 Å². The van der Waals surface area contributed by atoms with Crippen LogP contribution in [0.4, 0.5) is 0 Å². The lowest BCUT2D eigenvalue weighted by Crippen LogP contribution is -2.54. The molecule has 90 valence electrons. The lowest BCUT2D eigenvalue weighted by molar-refractivity contribution is -0.0501. The van der Waals surface area contributed by atoms with Crippen molar-refractivity contribution in [1.82, 2.24) is 4.90 Å². The first-order chi connectivity index (χ1) is 6.62. The third kappa shape index (κ3) is 3.18. The molecule has 0 aliphatic carbocycles. The van der Waals surface area contributed by atoms with E-state index in [-0.39, 0.29) is 17.1 Å². The topological polar surface area (TPSA) is 23.5 Å². The Bertz CT molecular complexity index is 212. The summed E-state index contributed by atoms with van der Waals surface area (Å²) in [6, 6.07) is 0. The molecule has 0 saturated carbocycles. The Kier molecular flexibility index (Phi) is 3.52. The van der Waals surface area contributed by atoms with Crippen molar-refractivity contribution < 1.29 is 5.11 Å². The summed E-state index contributed by atoms with van der Waals surface area (Å²) >= 11 is 0. The fraction of sp³-hybridized carbons (Fsp3) is 1.00. The van der Waals surface area contributed by atoms with Crippen molar-refractivity contribution in [1.29, 1.82) is 0 Å². The molecule has 0 radical (unpaired) electrons. The van der Waals surface area contributed by atoms with Crippen molar-refractivity contribution in [2.75, 3.05) is 13.1 Å². The van der Waals surface area contributed by atoms with Crippen LogP contribution < -0.4 is 0 Å². The second-order valence-electron chi connectivity index (χ2n) is 6.95. The summed E-state index contributed by atoms with van der Waals surface area (Å²) < 4.78 is 0. The van der Waals surface area contributed by atoms with E-state index in [0.717, 1.165) is 19.5 Å². The highest BCUT2D eigenvalue weighted by molar-refractivity contribution is 4.90. The maximum absolute atomic E-state index is 10.2. The molecule has 1 fully saturated rings. The molecule has 2 atom stereocenters. The molecule has 0 amide bonds. The normalized spacial score (nSPS) is 30.6. The number of rotatable bonds is 0. The number of likely N-dealkylation sites (tertiary alicyclic amines) is 1. The number of nitrogens with zero attached hydrogens (tertiary/aromatic N) is 1. The highest BCUT2D eigenvalue weighted by atomic mass is 16.3. The fourth-order valence-corrected chi connectivity index (χ4v) is 2.55. The Morgan fingerprint density at radius 2 is 1.60 bits per heavy atom. The molecule has 0 bridgehead atoms. The van der Waals surface area contributed by atoms with Gasteiger partial charge in [0.05, 0.1) is 6.10 Å². The number of aliphatic hydroxyl groups is 1. The van der Waals surface area contributed by atoms with Crippen LogP contribution in [0.2, 0.25) is 0 Å². The van der Waals surface area contributed by atoms with Crippen LogP contribution in [0.1, 0.15) is 48.0 Å². The Labute approximate surface area is 94.7 Å². The van der Waals surface area contributed by atoms with Crippen molar-refractivity contribution in [3.05, 3.63) is 0 Å². The molecule has 1 aliphatic rings. The van der Waals surface area contributed by atoms with Gasteiger partial charge >= 0.3 is 0 Å². The molecule has 0 unspecified atom stereocenters. The van der Waals surface area contributed by atoms with Gasteiger partial charge in [-0.15, -0.1) is 0 Å². The van der Waals surface area contributed by atoms with Crippen LogP contribution in [0.15, 0.2) is 0 Å². The molecule has 2 nitrogen and oxygen atoms in total. The van der Waals surface area contributed by atoms with Crippen LogP contribution >= 0.6 is 0 Å². The van der Waals surface area contributed by atoms with Crippen LogP contribution in [0.5, 0.6) is 0 Å². The van der Waals surface area contributed by atoms with Crippen LogP contribution in [0.3, 0.4) is 0 Å². The van der Waals surface area contributed by atoms with E-state index in [9.17, 15) is 5.11 Å². The molecule has 0 aromatic carbocycles. The molecule has 1 N–H and O–H groups in total. The number of piperidine rings is 1. The number of aliphatic hydroxyl groups excluding tert-OH is 1. The Morgan fingerprint density at radius 3 is 1.93 bits per heavy atom. The van der Waals surface area contributed by atoms with Crippen molar-refractivity contribution in [2.24, 2.45) is 11.3 Å². The third-order valence-corrected chi connectivity index (χ3v) is 3.64. The molecule has 15 heavy (non-hydrogen) atoms. The minimum Gasteiger partial charge on any atom is -0.391 e. The van der Waals surface area contributed by atoms with Gasteiger partial charge in [-0.2, -0.15) is 0 Å². The van der Waals surface area contributed by atoms with E-state index in [4.69, 9.17) is 0 Å². The summed E-state index contributed by atoms with van der Waals surface area (Å²) in [7, 11) is 0. The molecule has 1 rings (SSSR count). The van der Waals surface area contributed by atoms with Crippen LogP contribution in [0, 0.1) is 11.3 Å². The van der Waals surface area contributed by atoms with Crippen LogP contribution in [-0.2, 0) is 0 Å². The zero-order valence-electron chi connectivity index (χ0n) is 11.2. The van der Waals surface area contributed by atoms with E-state index < -0.39 is 0 Å². The first-order valence-corrected chi connectivity index (χ1v) is 6.05. The Morgan fingerprint density at radius 1 is 1.07 bits per heavy atom. The van der Waals surface area contributed by atoms with E-state index >= 15 is 0 Å². The van der Waals surface area contributed by atoms with Gasteiger partial charge in [-0.25, -0.2) is 0 Å². The highest BCUT2D eigenvalue weighted by Crippen LogP contribution is 2.36. The molecule has 0 spiro atoms. The van der Waals surface area contributed by atoms with Crippen molar-refractivity contribution in [3.63, 3.8) is 0 Å². The first-order valence-electron chi connectivity index (χ1n) is 6.05. The van der Waals surface area contributed by atoms with E-state index in [2.05, 4.69) is 46.4 Å². The molecule has 0 aromatic heterocycles. The molecule has 1 aliphatic heterocycles. The quantitative estimate of drug-likeness (QED) is 0.668. The number of hydrogen-bond acceptors (Lipinski definition) is 2. The van der Waals surface area contributed by atoms with E-state index in [1.165, 1.54) is 0 Å². The average molecular weight is 213 g/mol. The monoisotopic (exact) mass is 213 g/mol. The molecule has 0 aromatic rings. The SMILES string of the molecule is CC(C)(C)[C@H]1CCN(C(C)(C)C)C[C@H]1O. The number of β-amino-alcohol motifs (C(OH)–C–C–N with tert-alkyl or cyclic N) is 1. The molecular formula is C13H27NO. The maximum atomic E-state index is 10.2.